The quantitative estimate of drug-likeness (QED) is 0.786. The Bertz CT molecular complexity index is 435. The molecule has 0 aliphatic heterocycles. The SMILES string of the molecule is O=c1ccc2ccccc2[nH]1.[Tb]. The predicted molar refractivity (Wildman–Crippen MR) is 44.6 cm³/mol. The van der Waals surface area contributed by atoms with E-state index in [1.807, 2.05) is 30.3 Å². The Balaban J connectivity index is 0.000000720. The minimum Gasteiger partial charge on any atom is -0.322 e. The number of pyridine rings is 1. The van der Waals surface area contributed by atoms with Crippen LogP contribution in [0.15, 0.2) is 41.2 Å². The van der Waals surface area contributed by atoms with Crippen molar-refractivity contribution in [2.45, 2.75) is 0 Å². The molecule has 1 N–H and O–H groups in total. The van der Waals surface area contributed by atoms with Crippen LogP contribution in [0.3, 0.4) is 0 Å². The number of hydrogen-bond donors (Lipinski definition) is 1. The molecule has 1 radical (unpaired) electrons. The first kappa shape index (κ1) is 9.80. The average molecular weight is 304 g/mol. The molecule has 2 nitrogen and oxygen atoms in total. The van der Waals surface area contributed by atoms with Crippen LogP contribution in [0.5, 0.6) is 0 Å². The Kier molecular flexibility index (Phi) is 3.34. The van der Waals surface area contributed by atoms with Gasteiger partial charge in [0.25, 0.3) is 0 Å². The molecule has 3 heteroatoms. The van der Waals surface area contributed by atoms with E-state index in [1.54, 1.807) is 0 Å². The summed E-state index contributed by atoms with van der Waals surface area (Å²) in [6.45, 7) is 0. The van der Waals surface area contributed by atoms with Gasteiger partial charge in [-0.3, -0.25) is 4.79 Å². The summed E-state index contributed by atoms with van der Waals surface area (Å²) in [4.78, 5) is 13.6. The van der Waals surface area contributed by atoms with Crippen molar-refractivity contribution in [1.82, 2.24) is 4.98 Å². The summed E-state index contributed by atoms with van der Waals surface area (Å²) >= 11 is 0. The van der Waals surface area contributed by atoms with Gasteiger partial charge in [0.1, 0.15) is 0 Å². The fourth-order valence-corrected chi connectivity index (χ4v) is 1.10. The third-order valence-electron chi connectivity index (χ3n) is 1.63. The van der Waals surface area contributed by atoms with Crippen LogP contribution >= 0.6 is 0 Å². The molecular formula is C9H7NOTb. The van der Waals surface area contributed by atoms with Gasteiger partial charge < -0.3 is 4.98 Å². The monoisotopic (exact) mass is 304 g/mol. The number of H-pyrrole nitrogens is 1. The Morgan fingerprint density at radius 3 is 2.58 bits per heavy atom. The first-order valence-electron chi connectivity index (χ1n) is 3.44. The normalized spacial score (nSPS) is 9.33. The molecule has 63 valence electrons. The van der Waals surface area contributed by atoms with E-state index in [1.165, 1.54) is 6.07 Å². The molecule has 2 aromatic rings. The third kappa shape index (κ3) is 1.90. The van der Waals surface area contributed by atoms with Crippen molar-refractivity contribution in [3.05, 3.63) is 46.8 Å². The van der Waals surface area contributed by atoms with E-state index in [9.17, 15) is 4.79 Å². The number of aromatic amines is 1. The number of fused-ring (bicyclic) bond motifs is 1. The molecule has 1 aromatic carbocycles. The second-order valence-electron chi connectivity index (χ2n) is 2.41. The van der Waals surface area contributed by atoms with E-state index in [4.69, 9.17) is 0 Å². The van der Waals surface area contributed by atoms with E-state index in [2.05, 4.69) is 4.98 Å². The topological polar surface area (TPSA) is 32.9 Å². The molecule has 1 heterocycles. The van der Waals surface area contributed by atoms with Gasteiger partial charge in [-0.1, -0.05) is 18.2 Å². The molecule has 0 bridgehead atoms. The summed E-state index contributed by atoms with van der Waals surface area (Å²) in [5, 5.41) is 1.06. The summed E-state index contributed by atoms with van der Waals surface area (Å²) in [6, 6.07) is 11.0. The van der Waals surface area contributed by atoms with Gasteiger partial charge in [-0.2, -0.15) is 0 Å². The summed E-state index contributed by atoms with van der Waals surface area (Å²) in [7, 11) is 0. The maximum absolute atomic E-state index is 10.8. The minimum absolute atomic E-state index is 0. The standard InChI is InChI=1S/C9H7NO.Tb/c11-9-6-5-7-3-1-2-4-8(7)10-9;/h1-6H,(H,10,11);. The smallest absolute Gasteiger partial charge is 0.248 e. The molecule has 0 fully saturated rings. The molecule has 0 spiro atoms. The Labute approximate surface area is 100 Å². The molecule has 0 atom stereocenters. The van der Waals surface area contributed by atoms with E-state index in [0.717, 1.165) is 10.9 Å². The van der Waals surface area contributed by atoms with Crippen molar-refractivity contribution in [3.8, 4) is 0 Å². The number of hydrogen-bond acceptors (Lipinski definition) is 1. The number of rotatable bonds is 0. The minimum atomic E-state index is -0.0521. The van der Waals surface area contributed by atoms with Crippen molar-refractivity contribution in [1.29, 1.82) is 0 Å². The molecule has 1 aromatic heterocycles. The van der Waals surface area contributed by atoms with E-state index >= 15 is 0 Å². The van der Waals surface area contributed by atoms with E-state index in [0.29, 0.717) is 0 Å². The van der Waals surface area contributed by atoms with Crippen LogP contribution in [0.25, 0.3) is 10.9 Å². The Morgan fingerprint density at radius 2 is 1.75 bits per heavy atom. The van der Waals surface area contributed by atoms with Crippen LogP contribution in [-0.2, 0) is 0 Å². The van der Waals surface area contributed by atoms with Gasteiger partial charge in [0, 0.05) is 50.2 Å². The molecule has 0 amide bonds. The summed E-state index contributed by atoms with van der Waals surface area (Å²) in [5.41, 5.74) is 0.837. The first-order valence-corrected chi connectivity index (χ1v) is 3.44. The molecule has 0 aliphatic rings. The van der Waals surface area contributed by atoms with Crippen LogP contribution in [0, 0.1) is 38.6 Å². The first-order chi connectivity index (χ1) is 5.36. The average Bonchev–Trinajstić information content (AvgIpc) is 2.04. The van der Waals surface area contributed by atoms with Crippen LogP contribution < -0.4 is 5.56 Å². The van der Waals surface area contributed by atoms with Gasteiger partial charge in [-0.15, -0.1) is 0 Å². The van der Waals surface area contributed by atoms with Crippen LogP contribution in [0.1, 0.15) is 0 Å². The maximum Gasteiger partial charge on any atom is 0.248 e. The van der Waals surface area contributed by atoms with Crippen LogP contribution in [-0.4, -0.2) is 4.98 Å². The van der Waals surface area contributed by atoms with Crippen LogP contribution in [0.2, 0.25) is 0 Å². The molecule has 12 heavy (non-hydrogen) atoms. The fraction of sp³-hybridized carbons (Fsp3) is 0. The fourth-order valence-electron chi connectivity index (χ4n) is 1.10. The van der Waals surface area contributed by atoms with Crippen molar-refractivity contribution < 1.29 is 38.6 Å². The second-order valence-corrected chi connectivity index (χ2v) is 2.41. The molecule has 0 unspecified atom stereocenters. The summed E-state index contributed by atoms with van der Waals surface area (Å²) in [6.07, 6.45) is 0. The second kappa shape index (κ2) is 4.10. The maximum atomic E-state index is 10.8. The molecule has 2 rings (SSSR count). The van der Waals surface area contributed by atoms with E-state index in [-0.39, 0.29) is 44.2 Å². The summed E-state index contributed by atoms with van der Waals surface area (Å²) in [5.74, 6) is 0. The molecular weight excluding hydrogens is 297 g/mol. The number of aromatic nitrogens is 1. The third-order valence-corrected chi connectivity index (χ3v) is 1.63. The Hall–Kier alpha value is -0.284. The zero-order chi connectivity index (χ0) is 7.68. The van der Waals surface area contributed by atoms with Crippen LogP contribution in [0.4, 0.5) is 0 Å². The van der Waals surface area contributed by atoms with Crippen molar-refractivity contribution in [3.63, 3.8) is 0 Å². The van der Waals surface area contributed by atoms with Crippen molar-refractivity contribution in [2.75, 3.05) is 0 Å². The van der Waals surface area contributed by atoms with Crippen molar-refractivity contribution >= 4 is 10.9 Å². The molecule has 0 saturated heterocycles. The van der Waals surface area contributed by atoms with Gasteiger partial charge in [-0.05, 0) is 17.5 Å². The predicted octanol–water partition coefficient (Wildman–Crippen LogP) is 1.53. The van der Waals surface area contributed by atoms with Gasteiger partial charge in [0.2, 0.25) is 5.56 Å². The van der Waals surface area contributed by atoms with E-state index < -0.39 is 0 Å². The van der Waals surface area contributed by atoms with Crippen molar-refractivity contribution in [2.24, 2.45) is 0 Å². The number of nitrogens with one attached hydrogen (secondary N) is 1. The number of benzene rings is 1. The summed E-state index contributed by atoms with van der Waals surface area (Å²) < 4.78 is 0. The number of para-hydroxylation sites is 1. The van der Waals surface area contributed by atoms with Gasteiger partial charge >= 0.3 is 0 Å². The zero-order valence-electron chi connectivity index (χ0n) is 6.21. The van der Waals surface area contributed by atoms with Gasteiger partial charge in [0.15, 0.2) is 0 Å². The zero-order valence-corrected chi connectivity index (χ0v) is 8.34. The molecule has 0 saturated carbocycles. The van der Waals surface area contributed by atoms with Gasteiger partial charge in [0.05, 0.1) is 0 Å². The van der Waals surface area contributed by atoms with Gasteiger partial charge in [-0.25, -0.2) is 0 Å². The largest absolute Gasteiger partial charge is 0.322 e. The molecule has 0 aliphatic carbocycles. The Morgan fingerprint density at radius 1 is 1.00 bits per heavy atom.